The quantitative estimate of drug-likeness (QED) is 0.915. The van der Waals surface area contributed by atoms with E-state index in [9.17, 15) is 13.2 Å². The Bertz CT molecular complexity index is 531. The van der Waals surface area contributed by atoms with Gasteiger partial charge in [-0.1, -0.05) is 24.3 Å². The van der Waals surface area contributed by atoms with E-state index < -0.39 is 11.9 Å². The van der Waals surface area contributed by atoms with Crippen LogP contribution in [0.2, 0.25) is 0 Å². The summed E-state index contributed by atoms with van der Waals surface area (Å²) in [6.45, 7) is 0.699. The van der Waals surface area contributed by atoms with Crippen molar-refractivity contribution >= 4 is 0 Å². The molecule has 0 saturated carbocycles. The van der Waals surface area contributed by atoms with Gasteiger partial charge >= 0.3 is 6.18 Å². The van der Waals surface area contributed by atoms with Crippen LogP contribution in [0.15, 0.2) is 36.5 Å². The SMILES string of the molecule is NCc1cccc(Cn2ccc(C(F)(F)F)n2)c1. The summed E-state index contributed by atoms with van der Waals surface area (Å²) in [5.41, 5.74) is 6.44. The lowest BCUT2D eigenvalue weighted by Crippen LogP contribution is -2.08. The number of aromatic nitrogens is 2. The van der Waals surface area contributed by atoms with E-state index in [0.717, 1.165) is 17.2 Å². The van der Waals surface area contributed by atoms with Crippen molar-refractivity contribution in [3.05, 3.63) is 53.3 Å². The fourth-order valence-corrected chi connectivity index (χ4v) is 1.64. The third-order valence-corrected chi connectivity index (χ3v) is 2.50. The van der Waals surface area contributed by atoms with Crippen molar-refractivity contribution in [3.63, 3.8) is 0 Å². The standard InChI is InChI=1S/C12H12F3N3/c13-12(14,15)11-4-5-18(17-11)8-10-3-1-2-9(6-10)7-16/h1-6H,7-8,16H2. The molecule has 0 aliphatic heterocycles. The highest BCUT2D eigenvalue weighted by atomic mass is 19.4. The van der Waals surface area contributed by atoms with Crippen LogP contribution in [0.25, 0.3) is 0 Å². The van der Waals surface area contributed by atoms with Crippen LogP contribution < -0.4 is 5.73 Å². The van der Waals surface area contributed by atoms with Gasteiger partial charge in [-0.3, -0.25) is 4.68 Å². The molecular formula is C12H12F3N3. The van der Waals surface area contributed by atoms with E-state index in [0.29, 0.717) is 13.1 Å². The third-order valence-electron chi connectivity index (χ3n) is 2.50. The zero-order valence-corrected chi connectivity index (χ0v) is 9.48. The van der Waals surface area contributed by atoms with Crippen LogP contribution in [0.1, 0.15) is 16.8 Å². The topological polar surface area (TPSA) is 43.8 Å². The maximum absolute atomic E-state index is 12.4. The monoisotopic (exact) mass is 255 g/mol. The Morgan fingerprint density at radius 1 is 1.17 bits per heavy atom. The van der Waals surface area contributed by atoms with Crippen molar-refractivity contribution in [1.29, 1.82) is 0 Å². The second-order valence-corrected chi connectivity index (χ2v) is 3.92. The number of rotatable bonds is 3. The summed E-state index contributed by atoms with van der Waals surface area (Å²) in [4.78, 5) is 0. The molecule has 2 aromatic rings. The van der Waals surface area contributed by atoms with Crippen LogP contribution in [0.4, 0.5) is 13.2 Å². The zero-order chi connectivity index (χ0) is 13.2. The van der Waals surface area contributed by atoms with E-state index in [-0.39, 0.29) is 0 Å². The minimum absolute atomic E-state index is 0.296. The molecule has 0 amide bonds. The van der Waals surface area contributed by atoms with E-state index in [2.05, 4.69) is 5.10 Å². The highest BCUT2D eigenvalue weighted by Gasteiger charge is 2.33. The number of nitrogens with zero attached hydrogens (tertiary/aromatic N) is 2. The molecule has 0 unspecified atom stereocenters. The number of hydrogen-bond donors (Lipinski definition) is 1. The highest BCUT2D eigenvalue weighted by molar-refractivity contribution is 5.23. The maximum Gasteiger partial charge on any atom is 0.435 e. The lowest BCUT2D eigenvalue weighted by atomic mass is 10.1. The van der Waals surface area contributed by atoms with Gasteiger partial charge in [-0.2, -0.15) is 18.3 Å². The fraction of sp³-hybridized carbons (Fsp3) is 0.250. The first-order valence-electron chi connectivity index (χ1n) is 5.37. The van der Waals surface area contributed by atoms with E-state index >= 15 is 0 Å². The summed E-state index contributed by atoms with van der Waals surface area (Å²) in [5.74, 6) is 0. The van der Waals surface area contributed by atoms with Crippen LogP contribution in [-0.2, 0) is 19.3 Å². The second-order valence-electron chi connectivity index (χ2n) is 3.92. The Hall–Kier alpha value is -1.82. The van der Waals surface area contributed by atoms with Crippen molar-refractivity contribution in [2.75, 3.05) is 0 Å². The van der Waals surface area contributed by atoms with Crippen LogP contribution in [0.5, 0.6) is 0 Å². The normalized spacial score (nSPS) is 11.8. The highest BCUT2D eigenvalue weighted by Crippen LogP contribution is 2.27. The number of nitrogens with two attached hydrogens (primary N) is 1. The molecule has 0 radical (unpaired) electrons. The molecule has 0 saturated heterocycles. The van der Waals surface area contributed by atoms with Gasteiger partial charge in [0.25, 0.3) is 0 Å². The average molecular weight is 255 g/mol. The minimum atomic E-state index is -4.40. The summed E-state index contributed by atoms with van der Waals surface area (Å²) in [5, 5.41) is 3.49. The van der Waals surface area contributed by atoms with Crippen molar-refractivity contribution in [1.82, 2.24) is 9.78 Å². The van der Waals surface area contributed by atoms with Crippen LogP contribution in [-0.4, -0.2) is 9.78 Å². The van der Waals surface area contributed by atoms with Gasteiger partial charge in [0.2, 0.25) is 0 Å². The van der Waals surface area contributed by atoms with Crippen molar-refractivity contribution in [3.8, 4) is 0 Å². The van der Waals surface area contributed by atoms with E-state index in [1.807, 2.05) is 24.3 Å². The summed E-state index contributed by atoms with van der Waals surface area (Å²) in [7, 11) is 0. The first-order chi connectivity index (χ1) is 8.49. The largest absolute Gasteiger partial charge is 0.435 e. The smallest absolute Gasteiger partial charge is 0.326 e. The Labute approximate surface area is 102 Å². The number of hydrogen-bond acceptors (Lipinski definition) is 2. The van der Waals surface area contributed by atoms with Gasteiger partial charge in [-0.15, -0.1) is 0 Å². The van der Waals surface area contributed by atoms with Gasteiger partial charge in [0.1, 0.15) is 0 Å². The molecule has 0 bridgehead atoms. The zero-order valence-electron chi connectivity index (χ0n) is 9.48. The van der Waals surface area contributed by atoms with E-state index in [4.69, 9.17) is 5.73 Å². The molecule has 18 heavy (non-hydrogen) atoms. The molecule has 3 nitrogen and oxygen atoms in total. The molecule has 2 rings (SSSR count). The Morgan fingerprint density at radius 2 is 1.89 bits per heavy atom. The minimum Gasteiger partial charge on any atom is -0.326 e. The van der Waals surface area contributed by atoms with Crippen molar-refractivity contribution in [2.24, 2.45) is 5.73 Å². The lowest BCUT2D eigenvalue weighted by Gasteiger charge is -2.05. The molecular weight excluding hydrogens is 243 g/mol. The molecule has 96 valence electrons. The molecule has 2 N–H and O–H groups in total. The molecule has 1 aromatic heterocycles. The van der Waals surface area contributed by atoms with Crippen LogP contribution >= 0.6 is 0 Å². The Kier molecular flexibility index (Phi) is 3.38. The van der Waals surface area contributed by atoms with E-state index in [1.54, 1.807) is 0 Å². The third kappa shape index (κ3) is 2.89. The predicted octanol–water partition coefficient (Wildman–Crippen LogP) is 2.41. The Morgan fingerprint density at radius 3 is 2.50 bits per heavy atom. The van der Waals surface area contributed by atoms with Crippen molar-refractivity contribution < 1.29 is 13.2 Å². The molecule has 0 atom stereocenters. The summed E-state index contributed by atoms with van der Waals surface area (Å²) in [6.07, 6.45) is -3.08. The fourth-order valence-electron chi connectivity index (χ4n) is 1.64. The first kappa shape index (κ1) is 12.6. The lowest BCUT2D eigenvalue weighted by molar-refractivity contribution is -0.141. The average Bonchev–Trinajstić information content (AvgIpc) is 2.77. The van der Waals surface area contributed by atoms with Gasteiger partial charge < -0.3 is 5.73 Å². The molecule has 1 heterocycles. The van der Waals surface area contributed by atoms with Gasteiger partial charge in [0.05, 0.1) is 6.54 Å². The Balaban J connectivity index is 2.16. The van der Waals surface area contributed by atoms with Gasteiger partial charge in [0.15, 0.2) is 5.69 Å². The second kappa shape index (κ2) is 4.81. The maximum atomic E-state index is 12.4. The van der Waals surface area contributed by atoms with Gasteiger partial charge in [-0.05, 0) is 17.2 Å². The molecule has 6 heteroatoms. The van der Waals surface area contributed by atoms with Crippen LogP contribution in [0.3, 0.4) is 0 Å². The number of benzene rings is 1. The molecule has 0 aliphatic carbocycles. The molecule has 0 aliphatic rings. The summed E-state index contributed by atoms with van der Waals surface area (Å²) < 4.78 is 38.4. The molecule has 0 fully saturated rings. The van der Waals surface area contributed by atoms with Gasteiger partial charge in [-0.25, -0.2) is 0 Å². The molecule has 1 aromatic carbocycles. The number of halogens is 3. The summed E-state index contributed by atoms with van der Waals surface area (Å²) in [6, 6.07) is 8.34. The van der Waals surface area contributed by atoms with E-state index in [1.165, 1.54) is 10.9 Å². The first-order valence-corrected chi connectivity index (χ1v) is 5.37. The van der Waals surface area contributed by atoms with Crippen molar-refractivity contribution in [2.45, 2.75) is 19.3 Å². The van der Waals surface area contributed by atoms with Crippen LogP contribution in [0, 0.1) is 0 Å². The van der Waals surface area contributed by atoms with Gasteiger partial charge in [0, 0.05) is 12.7 Å². The molecule has 0 spiro atoms. The summed E-state index contributed by atoms with van der Waals surface area (Å²) >= 11 is 0. The number of alkyl halides is 3. The predicted molar refractivity (Wildman–Crippen MR) is 60.7 cm³/mol.